The van der Waals surface area contributed by atoms with Gasteiger partial charge in [-0.25, -0.2) is 9.07 Å². The number of tetrazole rings is 1. The van der Waals surface area contributed by atoms with Gasteiger partial charge in [-0.05, 0) is 53.1 Å². The van der Waals surface area contributed by atoms with E-state index in [2.05, 4.69) is 31.4 Å². The van der Waals surface area contributed by atoms with Crippen molar-refractivity contribution in [3.63, 3.8) is 0 Å². The standard InChI is InChI=1S/C24H29FN6O/c1-32-22-9-5-4-8-21(22)29-14-16-30(17-15-29)23(18-10-12-19(25)13-11-18)24-26-27-28-31(24)20-6-2-3-7-20/h4-5,8-13,20,23H,2-3,6-7,14-17H2,1H3. The molecule has 8 heteroatoms. The van der Waals surface area contributed by atoms with E-state index in [1.165, 1.54) is 25.0 Å². The van der Waals surface area contributed by atoms with E-state index in [1.807, 2.05) is 35.0 Å². The molecule has 1 aliphatic carbocycles. The number of anilines is 1. The molecule has 7 nitrogen and oxygen atoms in total. The molecule has 1 aromatic heterocycles. The highest BCUT2D eigenvalue weighted by molar-refractivity contribution is 5.58. The van der Waals surface area contributed by atoms with Gasteiger partial charge in [0.05, 0.1) is 24.9 Å². The molecule has 0 bridgehead atoms. The molecule has 0 spiro atoms. The summed E-state index contributed by atoms with van der Waals surface area (Å²) in [7, 11) is 1.71. The second-order valence-corrected chi connectivity index (χ2v) is 8.57. The molecule has 32 heavy (non-hydrogen) atoms. The average molecular weight is 437 g/mol. The van der Waals surface area contributed by atoms with Crippen LogP contribution >= 0.6 is 0 Å². The molecular weight excluding hydrogens is 407 g/mol. The number of piperazine rings is 1. The van der Waals surface area contributed by atoms with Crippen LogP contribution in [0.15, 0.2) is 48.5 Å². The lowest BCUT2D eigenvalue weighted by Crippen LogP contribution is -2.48. The summed E-state index contributed by atoms with van der Waals surface area (Å²) in [5.41, 5.74) is 2.13. The van der Waals surface area contributed by atoms with Gasteiger partial charge in [-0.1, -0.05) is 37.1 Å². The number of methoxy groups -OCH3 is 1. The van der Waals surface area contributed by atoms with Crippen molar-refractivity contribution in [3.8, 4) is 5.75 Å². The van der Waals surface area contributed by atoms with Gasteiger partial charge in [-0.2, -0.15) is 0 Å². The third-order valence-electron chi connectivity index (χ3n) is 6.72. The zero-order valence-corrected chi connectivity index (χ0v) is 18.4. The number of hydrogen-bond donors (Lipinski definition) is 0. The van der Waals surface area contributed by atoms with Crippen LogP contribution in [0.25, 0.3) is 0 Å². The van der Waals surface area contributed by atoms with Crippen molar-refractivity contribution in [2.75, 3.05) is 38.2 Å². The molecule has 2 aromatic carbocycles. The smallest absolute Gasteiger partial charge is 0.173 e. The summed E-state index contributed by atoms with van der Waals surface area (Å²) in [5.74, 6) is 1.51. The molecule has 0 N–H and O–H groups in total. The normalized spacial score (nSPS) is 18.8. The Morgan fingerprint density at radius 2 is 1.69 bits per heavy atom. The van der Waals surface area contributed by atoms with Crippen molar-refractivity contribution in [3.05, 3.63) is 65.7 Å². The number of halogens is 1. The monoisotopic (exact) mass is 436 g/mol. The Bertz CT molecular complexity index is 1020. The molecule has 168 valence electrons. The van der Waals surface area contributed by atoms with Crippen molar-refractivity contribution in [1.82, 2.24) is 25.1 Å². The van der Waals surface area contributed by atoms with Crippen LogP contribution in [0.4, 0.5) is 10.1 Å². The van der Waals surface area contributed by atoms with Crippen LogP contribution in [-0.2, 0) is 0 Å². The van der Waals surface area contributed by atoms with Gasteiger partial charge in [0.1, 0.15) is 11.6 Å². The maximum atomic E-state index is 13.7. The van der Waals surface area contributed by atoms with E-state index in [0.717, 1.165) is 61.8 Å². The highest BCUT2D eigenvalue weighted by Gasteiger charge is 2.33. The number of hydrogen-bond acceptors (Lipinski definition) is 6. The maximum Gasteiger partial charge on any atom is 0.173 e. The highest BCUT2D eigenvalue weighted by atomic mass is 19.1. The van der Waals surface area contributed by atoms with Crippen LogP contribution in [0.3, 0.4) is 0 Å². The van der Waals surface area contributed by atoms with Gasteiger partial charge < -0.3 is 9.64 Å². The average Bonchev–Trinajstić information content (AvgIpc) is 3.53. The predicted molar refractivity (Wildman–Crippen MR) is 120 cm³/mol. The molecule has 0 amide bonds. The summed E-state index contributed by atoms with van der Waals surface area (Å²) in [6.45, 7) is 3.42. The first kappa shape index (κ1) is 20.9. The lowest BCUT2D eigenvalue weighted by Gasteiger charge is -2.40. The number of aromatic nitrogens is 4. The van der Waals surface area contributed by atoms with E-state index < -0.39 is 0 Å². The van der Waals surface area contributed by atoms with E-state index in [-0.39, 0.29) is 11.9 Å². The van der Waals surface area contributed by atoms with Crippen LogP contribution < -0.4 is 9.64 Å². The Balaban J connectivity index is 1.42. The Morgan fingerprint density at radius 3 is 2.41 bits per heavy atom. The number of benzene rings is 2. The van der Waals surface area contributed by atoms with E-state index >= 15 is 0 Å². The van der Waals surface area contributed by atoms with E-state index in [1.54, 1.807) is 7.11 Å². The molecule has 2 aliphatic rings. The first-order chi connectivity index (χ1) is 15.7. The molecule has 2 heterocycles. The molecule has 3 aromatic rings. The van der Waals surface area contributed by atoms with Crippen molar-refractivity contribution < 1.29 is 9.13 Å². The number of para-hydroxylation sites is 2. The minimum atomic E-state index is -0.233. The Morgan fingerprint density at radius 1 is 0.969 bits per heavy atom. The second kappa shape index (κ2) is 9.24. The summed E-state index contributed by atoms with van der Waals surface area (Å²) in [5, 5.41) is 12.9. The van der Waals surface area contributed by atoms with Gasteiger partial charge in [-0.3, -0.25) is 4.90 Å². The fourth-order valence-electron chi connectivity index (χ4n) is 5.07. The van der Waals surface area contributed by atoms with Crippen molar-refractivity contribution in [2.45, 2.75) is 37.8 Å². The van der Waals surface area contributed by atoms with Crippen molar-refractivity contribution in [1.29, 1.82) is 0 Å². The van der Waals surface area contributed by atoms with Gasteiger partial charge >= 0.3 is 0 Å². The minimum absolute atomic E-state index is 0.106. The zero-order chi connectivity index (χ0) is 21.9. The van der Waals surface area contributed by atoms with Crippen molar-refractivity contribution in [2.24, 2.45) is 0 Å². The largest absolute Gasteiger partial charge is 0.495 e. The molecule has 1 atom stereocenters. The molecule has 1 aliphatic heterocycles. The summed E-state index contributed by atoms with van der Waals surface area (Å²) < 4.78 is 21.3. The van der Waals surface area contributed by atoms with E-state index in [4.69, 9.17) is 4.74 Å². The van der Waals surface area contributed by atoms with Crippen LogP contribution in [0, 0.1) is 5.82 Å². The Hall–Kier alpha value is -3.00. The maximum absolute atomic E-state index is 13.7. The van der Waals surface area contributed by atoms with Gasteiger partial charge in [0.15, 0.2) is 5.82 Å². The fraction of sp³-hybridized carbons (Fsp3) is 0.458. The zero-order valence-electron chi connectivity index (χ0n) is 18.4. The number of rotatable bonds is 6. The molecule has 0 radical (unpaired) electrons. The van der Waals surface area contributed by atoms with E-state index in [9.17, 15) is 4.39 Å². The van der Waals surface area contributed by atoms with Crippen LogP contribution in [0.5, 0.6) is 5.75 Å². The summed E-state index contributed by atoms with van der Waals surface area (Å²) in [6, 6.07) is 15.1. The minimum Gasteiger partial charge on any atom is -0.495 e. The SMILES string of the molecule is COc1ccccc1N1CCN(C(c2ccc(F)cc2)c2nnnn2C2CCCC2)CC1. The summed E-state index contributed by atoms with van der Waals surface area (Å²) in [4.78, 5) is 4.77. The molecular formula is C24H29FN6O. The highest BCUT2D eigenvalue weighted by Crippen LogP contribution is 2.35. The van der Waals surface area contributed by atoms with Gasteiger partial charge in [0.2, 0.25) is 0 Å². The Labute approximate surface area is 187 Å². The molecule has 1 saturated heterocycles. The lowest BCUT2D eigenvalue weighted by molar-refractivity contribution is 0.197. The quantitative estimate of drug-likeness (QED) is 0.585. The first-order valence-corrected chi connectivity index (χ1v) is 11.4. The molecule has 1 unspecified atom stereocenters. The van der Waals surface area contributed by atoms with Gasteiger partial charge in [-0.15, -0.1) is 5.10 Å². The molecule has 2 fully saturated rings. The summed E-state index contributed by atoms with van der Waals surface area (Å²) >= 11 is 0. The number of ether oxygens (including phenoxy) is 1. The molecule has 5 rings (SSSR count). The third-order valence-corrected chi connectivity index (χ3v) is 6.72. The van der Waals surface area contributed by atoms with E-state index in [0.29, 0.717) is 6.04 Å². The second-order valence-electron chi connectivity index (χ2n) is 8.57. The topological polar surface area (TPSA) is 59.3 Å². The lowest BCUT2D eigenvalue weighted by atomic mass is 10.0. The predicted octanol–water partition coefficient (Wildman–Crippen LogP) is 3.85. The van der Waals surface area contributed by atoms with Crippen molar-refractivity contribution >= 4 is 5.69 Å². The fourth-order valence-corrected chi connectivity index (χ4v) is 5.07. The first-order valence-electron chi connectivity index (χ1n) is 11.4. The van der Waals surface area contributed by atoms with Gasteiger partial charge in [0.25, 0.3) is 0 Å². The third kappa shape index (κ3) is 4.07. The number of nitrogens with zero attached hydrogens (tertiary/aromatic N) is 6. The van der Waals surface area contributed by atoms with Crippen LogP contribution in [0.2, 0.25) is 0 Å². The Kier molecular flexibility index (Phi) is 6.03. The van der Waals surface area contributed by atoms with Gasteiger partial charge in [0, 0.05) is 26.2 Å². The van der Waals surface area contributed by atoms with Crippen LogP contribution in [0.1, 0.15) is 49.2 Å². The van der Waals surface area contributed by atoms with Crippen LogP contribution in [-0.4, -0.2) is 58.4 Å². The molecule has 1 saturated carbocycles. The summed E-state index contributed by atoms with van der Waals surface area (Å²) in [6.07, 6.45) is 4.64.